The molecular weight excluding hydrogens is 404 g/mol. The molecule has 0 saturated carbocycles. The molecule has 23 heavy (non-hydrogen) atoms. The van der Waals surface area contributed by atoms with E-state index < -0.39 is 20.5 Å². The molecule has 1 saturated heterocycles. The second-order valence-corrected chi connectivity index (χ2v) is 9.40. The summed E-state index contributed by atoms with van der Waals surface area (Å²) in [4.78, 5) is 12.6. The number of amides is 1. The van der Waals surface area contributed by atoms with Crippen LogP contribution in [0.1, 0.15) is 26.7 Å². The lowest BCUT2D eigenvalue weighted by atomic mass is 10.1. The first-order chi connectivity index (χ1) is 10.2. The van der Waals surface area contributed by atoms with Crippen molar-refractivity contribution < 1.29 is 13.2 Å². The molecule has 1 aliphatic rings. The van der Waals surface area contributed by atoms with E-state index in [2.05, 4.69) is 26.6 Å². The molecule has 130 valence electrons. The molecule has 0 bridgehead atoms. The van der Waals surface area contributed by atoms with Gasteiger partial charge in [-0.1, -0.05) is 15.9 Å². The number of halogens is 2. The van der Waals surface area contributed by atoms with E-state index in [4.69, 9.17) is 0 Å². The Bertz CT molecular complexity index is 641. The van der Waals surface area contributed by atoms with Gasteiger partial charge in [-0.05, 0) is 57.5 Å². The summed E-state index contributed by atoms with van der Waals surface area (Å²) in [5.74, 6) is -0.455. The van der Waals surface area contributed by atoms with Crippen molar-refractivity contribution in [2.24, 2.45) is 0 Å². The van der Waals surface area contributed by atoms with Crippen LogP contribution in [0.5, 0.6) is 0 Å². The zero-order chi connectivity index (χ0) is 16.4. The topological polar surface area (TPSA) is 75.3 Å². The van der Waals surface area contributed by atoms with Crippen LogP contribution in [-0.2, 0) is 14.6 Å². The van der Waals surface area contributed by atoms with E-state index >= 15 is 0 Å². The molecule has 1 unspecified atom stereocenters. The molecule has 1 fully saturated rings. The third-order valence-corrected chi connectivity index (χ3v) is 6.93. The summed E-state index contributed by atoms with van der Waals surface area (Å²) in [5, 5.41) is 6.06. The fourth-order valence-corrected chi connectivity index (χ4v) is 4.02. The lowest BCUT2D eigenvalue weighted by Gasteiger charge is -2.29. The van der Waals surface area contributed by atoms with Crippen molar-refractivity contribution in [3.8, 4) is 0 Å². The molecule has 0 spiro atoms. The SMILES string of the molecule is CC(C)(C(=O)NC1CCCNC1)S(=O)(=O)c1ccc(Br)cc1.Cl. The van der Waals surface area contributed by atoms with Gasteiger partial charge in [-0.15, -0.1) is 12.4 Å². The Kier molecular flexibility index (Phi) is 7.07. The highest BCUT2D eigenvalue weighted by Gasteiger charge is 2.43. The Hall–Kier alpha value is -0.630. The molecule has 1 heterocycles. The minimum atomic E-state index is -3.76. The quantitative estimate of drug-likeness (QED) is 0.776. The fourth-order valence-electron chi connectivity index (χ4n) is 2.36. The van der Waals surface area contributed by atoms with Crippen molar-refractivity contribution in [1.29, 1.82) is 0 Å². The summed E-state index contributed by atoms with van der Waals surface area (Å²) in [5.41, 5.74) is 0. The molecule has 1 atom stereocenters. The molecule has 2 N–H and O–H groups in total. The van der Waals surface area contributed by atoms with Crippen molar-refractivity contribution in [3.05, 3.63) is 28.7 Å². The van der Waals surface area contributed by atoms with Crippen LogP contribution in [0.15, 0.2) is 33.6 Å². The Morgan fingerprint density at radius 3 is 2.43 bits per heavy atom. The standard InChI is InChI=1S/C15H21BrN2O3S.ClH/c1-15(2,14(19)18-12-4-3-9-17-10-12)22(20,21)13-7-5-11(16)6-8-13;/h5-8,12,17H,3-4,9-10H2,1-2H3,(H,18,19);1H. The zero-order valence-electron chi connectivity index (χ0n) is 13.1. The van der Waals surface area contributed by atoms with E-state index in [1.54, 1.807) is 12.1 Å². The van der Waals surface area contributed by atoms with Crippen molar-refractivity contribution >= 4 is 44.1 Å². The average molecular weight is 426 g/mol. The Balaban J connectivity index is 0.00000264. The predicted molar refractivity (Wildman–Crippen MR) is 96.7 cm³/mol. The molecule has 0 radical (unpaired) electrons. The second kappa shape index (κ2) is 7.96. The van der Waals surface area contributed by atoms with Crippen LogP contribution in [0.4, 0.5) is 0 Å². The first-order valence-corrected chi connectivity index (χ1v) is 9.54. The van der Waals surface area contributed by atoms with Gasteiger partial charge in [0.25, 0.3) is 0 Å². The van der Waals surface area contributed by atoms with Gasteiger partial charge in [0.05, 0.1) is 4.90 Å². The van der Waals surface area contributed by atoms with Crippen LogP contribution in [0.2, 0.25) is 0 Å². The maximum atomic E-state index is 12.8. The number of sulfone groups is 1. The molecule has 1 amide bonds. The molecule has 8 heteroatoms. The van der Waals surface area contributed by atoms with Gasteiger partial charge in [0.2, 0.25) is 5.91 Å². The van der Waals surface area contributed by atoms with Crippen LogP contribution in [0, 0.1) is 0 Å². The minimum Gasteiger partial charge on any atom is -0.351 e. The first kappa shape index (κ1) is 20.4. The molecule has 1 aromatic rings. The molecule has 1 aromatic carbocycles. The van der Waals surface area contributed by atoms with E-state index in [9.17, 15) is 13.2 Å². The van der Waals surface area contributed by atoms with Crippen LogP contribution >= 0.6 is 28.3 Å². The Morgan fingerprint density at radius 2 is 1.91 bits per heavy atom. The number of rotatable bonds is 4. The third-order valence-electron chi connectivity index (χ3n) is 3.97. The second-order valence-electron chi connectivity index (χ2n) is 5.98. The molecule has 0 aliphatic carbocycles. The van der Waals surface area contributed by atoms with Crippen LogP contribution in [0.25, 0.3) is 0 Å². The lowest BCUT2D eigenvalue weighted by molar-refractivity contribution is -0.123. The number of hydrogen-bond acceptors (Lipinski definition) is 4. The highest BCUT2D eigenvalue weighted by Crippen LogP contribution is 2.27. The van der Waals surface area contributed by atoms with Crippen LogP contribution in [0.3, 0.4) is 0 Å². The molecule has 1 aliphatic heterocycles. The van der Waals surface area contributed by atoms with Gasteiger partial charge in [0, 0.05) is 17.1 Å². The summed E-state index contributed by atoms with van der Waals surface area (Å²) < 4.78 is 24.8. The van der Waals surface area contributed by atoms with Crippen LogP contribution < -0.4 is 10.6 Å². The van der Waals surface area contributed by atoms with Gasteiger partial charge in [-0.25, -0.2) is 8.42 Å². The van der Waals surface area contributed by atoms with Gasteiger partial charge >= 0.3 is 0 Å². The number of carbonyl (C=O) groups excluding carboxylic acids is 1. The van der Waals surface area contributed by atoms with Gasteiger partial charge in [-0.2, -0.15) is 0 Å². The van der Waals surface area contributed by atoms with Gasteiger partial charge in [0.15, 0.2) is 9.84 Å². The Morgan fingerprint density at radius 1 is 1.30 bits per heavy atom. The third kappa shape index (κ3) is 4.47. The smallest absolute Gasteiger partial charge is 0.241 e. The monoisotopic (exact) mass is 424 g/mol. The van der Waals surface area contributed by atoms with Gasteiger partial charge in [-0.3, -0.25) is 4.79 Å². The largest absolute Gasteiger partial charge is 0.351 e. The first-order valence-electron chi connectivity index (χ1n) is 7.27. The van der Waals surface area contributed by atoms with Crippen molar-refractivity contribution in [2.75, 3.05) is 13.1 Å². The highest BCUT2D eigenvalue weighted by molar-refractivity contribution is 9.10. The van der Waals surface area contributed by atoms with E-state index in [0.717, 1.165) is 23.9 Å². The number of hydrogen-bond donors (Lipinski definition) is 2. The zero-order valence-corrected chi connectivity index (χ0v) is 16.4. The summed E-state index contributed by atoms with van der Waals surface area (Å²) in [6.45, 7) is 4.53. The normalized spacial score (nSPS) is 18.8. The number of benzene rings is 1. The fraction of sp³-hybridized carbons (Fsp3) is 0.533. The maximum Gasteiger partial charge on any atom is 0.241 e. The molecule has 5 nitrogen and oxygen atoms in total. The predicted octanol–water partition coefficient (Wildman–Crippen LogP) is 2.29. The van der Waals surface area contributed by atoms with Crippen molar-refractivity contribution in [2.45, 2.75) is 42.4 Å². The van der Waals surface area contributed by atoms with Crippen LogP contribution in [-0.4, -0.2) is 38.2 Å². The molecule has 2 rings (SSSR count). The van der Waals surface area contributed by atoms with Crippen molar-refractivity contribution in [1.82, 2.24) is 10.6 Å². The van der Waals surface area contributed by atoms with E-state index in [1.807, 2.05) is 0 Å². The lowest BCUT2D eigenvalue weighted by Crippen LogP contribution is -2.54. The number of nitrogens with one attached hydrogen (secondary N) is 2. The summed E-state index contributed by atoms with van der Waals surface area (Å²) in [6.07, 6.45) is 1.85. The minimum absolute atomic E-state index is 0. The van der Waals surface area contributed by atoms with Crippen molar-refractivity contribution in [3.63, 3.8) is 0 Å². The van der Waals surface area contributed by atoms with E-state index in [0.29, 0.717) is 6.54 Å². The molecular formula is C15H22BrClN2O3S. The van der Waals surface area contributed by atoms with E-state index in [-0.39, 0.29) is 23.3 Å². The number of piperidine rings is 1. The maximum absolute atomic E-state index is 12.8. The van der Waals surface area contributed by atoms with Gasteiger partial charge < -0.3 is 10.6 Å². The highest BCUT2D eigenvalue weighted by atomic mass is 79.9. The van der Waals surface area contributed by atoms with E-state index in [1.165, 1.54) is 26.0 Å². The summed E-state index contributed by atoms with van der Waals surface area (Å²) >= 11 is 3.28. The summed E-state index contributed by atoms with van der Waals surface area (Å²) in [6, 6.07) is 6.33. The average Bonchev–Trinajstić information content (AvgIpc) is 2.48. The molecule has 0 aromatic heterocycles. The summed E-state index contributed by atoms with van der Waals surface area (Å²) in [7, 11) is -3.76. The Labute approximate surface area is 152 Å². The number of carbonyl (C=O) groups is 1. The van der Waals surface area contributed by atoms with Gasteiger partial charge in [0.1, 0.15) is 4.75 Å².